The highest BCUT2D eigenvalue weighted by Crippen LogP contribution is 2.32. The molecule has 0 atom stereocenters. The van der Waals surface area contributed by atoms with Crippen LogP contribution in [0.5, 0.6) is 0 Å². The molecule has 4 rings (SSSR count). The van der Waals surface area contributed by atoms with Crippen LogP contribution in [0, 0.1) is 6.92 Å². The van der Waals surface area contributed by atoms with E-state index in [-0.39, 0.29) is 11.8 Å². The van der Waals surface area contributed by atoms with Gasteiger partial charge in [0.05, 0.1) is 6.54 Å². The van der Waals surface area contributed by atoms with Gasteiger partial charge in [-0.15, -0.1) is 0 Å². The minimum absolute atomic E-state index is 0.0585. The van der Waals surface area contributed by atoms with E-state index in [0.29, 0.717) is 38.5 Å². The van der Waals surface area contributed by atoms with E-state index in [9.17, 15) is 9.59 Å². The fourth-order valence-electron chi connectivity index (χ4n) is 4.07. The van der Waals surface area contributed by atoms with Crippen molar-refractivity contribution in [3.05, 3.63) is 47.7 Å². The lowest BCUT2D eigenvalue weighted by Gasteiger charge is -2.34. The fourth-order valence-corrected chi connectivity index (χ4v) is 4.07. The van der Waals surface area contributed by atoms with Crippen LogP contribution in [0.3, 0.4) is 0 Å². The number of carbonyl (C=O) groups excluding carboxylic acids is 2. The molecule has 1 aliphatic heterocycles. The van der Waals surface area contributed by atoms with Gasteiger partial charge in [-0.2, -0.15) is 0 Å². The van der Waals surface area contributed by atoms with Crippen LogP contribution in [0.4, 0.5) is 0 Å². The van der Waals surface area contributed by atoms with Gasteiger partial charge in [-0.3, -0.25) is 14.5 Å². The maximum Gasteiger partial charge on any atom is 0.289 e. The normalized spacial score (nSPS) is 15.1. The summed E-state index contributed by atoms with van der Waals surface area (Å²) in [6.45, 7) is 7.75. The lowest BCUT2D eigenvalue weighted by Crippen LogP contribution is -2.51. The summed E-state index contributed by atoms with van der Waals surface area (Å²) in [4.78, 5) is 29.1. The van der Waals surface area contributed by atoms with E-state index < -0.39 is 0 Å². The standard InChI is InChI=1S/C24H29N3O3/c1-3-4-11-25-21(28)16-26-12-14-27(15-13-26)24(29)22-17(2)19-10-9-18-7-5-6-8-20(18)23(19)30-22/h5-10H,3-4,11-16H2,1-2H3,(H,25,28). The van der Waals surface area contributed by atoms with E-state index >= 15 is 0 Å². The van der Waals surface area contributed by atoms with E-state index in [1.54, 1.807) is 0 Å². The maximum absolute atomic E-state index is 13.2. The third-order valence-electron chi connectivity index (χ3n) is 5.90. The van der Waals surface area contributed by atoms with Gasteiger partial charge in [0.2, 0.25) is 5.91 Å². The number of amides is 2. The molecule has 0 saturated carbocycles. The van der Waals surface area contributed by atoms with Crippen molar-refractivity contribution < 1.29 is 14.0 Å². The van der Waals surface area contributed by atoms with Crippen LogP contribution in [-0.4, -0.2) is 60.9 Å². The maximum atomic E-state index is 13.2. The number of piperazine rings is 1. The number of nitrogens with zero attached hydrogens (tertiary/aromatic N) is 2. The van der Waals surface area contributed by atoms with Crippen molar-refractivity contribution in [2.24, 2.45) is 0 Å². The fraction of sp³-hybridized carbons (Fsp3) is 0.417. The van der Waals surface area contributed by atoms with E-state index in [4.69, 9.17) is 4.42 Å². The first-order chi connectivity index (χ1) is 14.6. The second kappa shape index (κ2) is 8.88. The molecule has 0 radical (unpaired) electrons. The molecule has 6 heteroatoms. The number of fused-ring (bicyclic) bond motifs is 3. The summed E-state index contributed by atoms with van der Waals surface area (Å²) in [6, 6.07) is 12.2. The molecule has 1 aromatic heterocycles. The topological polar surface area (TPSA) is 65.8 Å². The Bertz CT molecular complexity index is 1060. The molecule has 2 heterocycles. The molecule has 30 heavy (non-hydrogen) atoms. The highest BCUT2D eigenvalue weighted by molar-refractivity contribution is 6.08. The van der Waals surface area contributed by atoms with Crippen LogP contribution in [0.25, 0.3) is 21.7 Å². The summed E-state index contributed by atoms with van der Waals surface area (Å²) in [6.07, 6.45) is 2.07. The number of rotatable bonds is 6. The summed E-state index contributed by atoms with van der Waals surface area (Å²) in [7, 11) is 0. The van der Waals surface area contributed by atoms with Crippen LogP contribution in [0.15, 0.2) is 40.8 Å². The Morgan fingerprint density at radius 2 is 1.80 bits per heavy atom. The lowest BCUT2D eigenvalue weighted by molar-refractivity contribution is -0.122. The Kier molecular flexibility index (Phi) is 6.04. The van der Waals surface area contributed by atoms with E-state index in [1.807, 2.05) is 42.2 Å². The Balaban J connectivity index is 1.43. The lowest BCUT2D eigenvalue weighted by atomic mass is 10.1. The van der Waals surface area contributed by atoms with Gasteiger partial charge in [0, 0.05) is 49.1 Å². The highest BCUT2D eigenvalue weighted by atomic mass is 16.3. The van der Waals surface area contributed by atoms with Crippen molar-refractivity contribution in [1.82, 2.24) is 15.1 Å². The van der Waals surface area contributed by atoms with Crippen molar-refractivity contribution >= 4 is 33.6 Å². The molecule has 0 aliphatic carbocycles. The molecule has 1 saturated heterocycles. The van der Waals surface area contributed by atoms with Crippen LogP contribution in [0.2, 0.25) is 0 Å². The van der Waals surface area contributed by atoms with Crippen molar-refractivity contribution in [3.63, 3.8) is 0 Å². The molecular formula is C24H29N3O3. The Labute approximate surface area is 176 Å². The van der Waals surface area contributed by atoms with Gasteiger partial charge in [-0.1, -0.05) is 49.7 Å². The average molecular weight is 408 g/mol. The third-order valence-corrected chi connectivity index (χ3v) is 5.90. The number of furan rings is 1. The summed E-state index contributed by atoms with van der Waals surface area (Å²) in [5.74, 6) is 0.412. The predicted octanol–water partition coefficient (Wildman–Crippen LogP) is 3.57. The first-order valence-electron chi connectivity index (χ1n) is 10.8. The number of unbranched alkanes of at least 4 members (excludes halogenated alkanes) is 1. The van der Waals surface area contributed by atoms with E-state index in [0.717, 1.165) is 46.7 Å². The summed E-state index contributed by atoms with van der Waals surface area (Å²) >= 11 is 0. The van der Waals surface area contributed by atoms with Crippen molar-refractivity contribution in [3.8, 4) is 0 Å². The summed E-state index contributed by atoms with van der Waals surface area (Å²) in [5, 5.41) is 6.06. The molecule has 3 aromatic rings. The molecule has 6 nitrogen and oxygen atoms in total. The number of hydrogen-bond donors (Lipinski definition) is 1. The van der Waals surface area contributed by atoms with Gasteiger partial charge in [0.25, 0.3) is 5.91 Å². The van der Waals surface area contributed by atoms with Crippen LogP contribution in [0.1, 0.15) is 35.9 Å². The molecule has 1 fully saturated rings. The minimum Gasteiger partial charge on any atom is -0.450 e. The van der Waals surface area contributed by atoms with Gasteiger partial charge >= 0.3 is 0 Å². The number of benzene rings is 2. The van der Waals surface area contributed by atoms with E-state index in [2.05, 4.69) is 23.2 Å². The van der Waals surface area contributed by atoms with Gasteiger partial charge in [0.1, 0.15) is 5.58 Å². The number of nitrogens with one attached hydrogen (secondary N) is 1. The molecule has 2 amide bonds. The second-order valence-corrected chi connectivity index (χ2v) is 7.99. The number of hydrogen-bond acceptors (Lipinski definition) is 4. The zero-order valence-corrected chi connectivity index (χ0v) is 17.7. The van der Waals surface area contributed by atoms with Crippen LogP contribution in [-0.2, 0) is 4.79 Å². The van der Waals surface area contributed by atoms with Crippen LogP contribution >= 0.6 is 0 Å². The van der Waals surface area contributed by atoms with Gasteiger partial charge in [0.15, 0.2) is 5.76 Å². The zero-order chi connectivity index (χ0) is 21.1. The number of carbonyl (C=O) groups is 2. The Morgan fingerprint density at radius 1 is 1.03 bits per heavy atom. The smallest absolute Gasteiger partial charge is 0.289 e. The van der Waals surface area contributed by atoms with Gasteiger partial charge in [-0.05, 0) is 18.7 Å². The molecule has 2 aromatic carbocycles. The molecule has 158 valence electrons. The Morgan fingerprint density at radius 3 is 2.57 bits per heavy atom. The van der Waals surface area contributed by atoms with Crippen molar-refractivity contribution in [2.75, 3.05) is 39.3 Å². The average Bonchev–Trinajstić information content (AvgIpc) is 3.11. The number of aryl methyl sites for hydroxylation is 1. The minimum atomic E-state index is -0.0696. The molecule has 1 N–H and O–H groups in total. The van der Waals surface area contributed by atoms with Gasteiger partial charge in [-0.25, -0.2) is 0 Å². The largest absolute Gasteiger partial charge is 0.450 e. The Hall–Kier alpha value is -2.86. The highest BCUT2D eigenvalue weighted by Gasteiger charge is 2.27. The van der Waals surface area contributed by atoms with Crippen molar-refractivity contribution in [1.29, 1.82) is 0 Å². The second-order valence-electron chi connectivity index (χ2n) is 7.99. The molecule has 1 aliphatic rings. The van der Waals surface area contributed by atoms with Crippen LogP contribution < -0.4 is 5.32 Å². The first-order valence-corrected chi connectivity index (χ1v) is 10.8. The zero-order valence-electron chi connectivity index (χ0n) is 17.7. The summed E-state index contributed by atoms with van der Waals surface area (Å²) in [5.41, 5.74) is 1.66. The quantitative estimate of drug-likeness (QED) is 0.635. The molecule has 0 bridgehead atoms. The first kappa shape index (κ1) is 20.4. The monoisotopic (exact) mass is 407 g/mol. The molecular weight excluding hydrogens is 378 g/mol. The van der Waals surface area contributed by atoms with E-state index in [1.165, 1.54) is 0 Å². The summed E-state index contributed by atoms with van der Waals surface area (Å²) < 4.78 is 6.10. The molecule has 0 unspecified atom stereocenters. The predicted molar refractivity (Wildman–Crippen MR) is 119 cm³/mol. The van der Waals surface area contributed by atoms with Crippen molar-refractivity contribution in [2.45, 2.75) is 26.7 Å². The third kappa shape index (κ3) is 4.05. The SMILES string of the molecule is CCCCNC(=O)CN1CCN(C(=O)c2oc3c(ccc4ccccc43)c2C)CC1. The van der Waals surface area contributed by atoms with Gasteiger partial charge < -0.3 is 14.6 Å². The molecule has 0 spiro atoms.